The Bertz CT molecular complexity index is 484. The molecule has 0 amide bonds. The van der Waals surface area contributed by atoms with Gasteiger partial charge in [0.25, 0.3) is 5.69 Å². The first-order chi connectivity index (χ1) is 8.81. The molecule has 6 nitrogen and oxygen atoms in total. The predicted octanol–water partition coefficient (Wildman–Crippen LogP) is 3.57. The van der Waals surface area contributed by atoms with Crippen molar-refractivity contribution in [3.8, 4) is 0 Å². The first-order valence-electron chi connectivity index (χ1n) is 5.43. The van der Waals surface area contributed by atoms with Crippen molar-refractivity contribution in [1.82, 2.24) is 0 Å². The maximum Gasteiger partial charge on any atom is 0.303 e. The second kappa shape index (κ2) is 6.58. The number of anilines is 1. The van der Waals surface area contributed by atoms with Gasteiger partial charge in [0.05, 0.1) is 20.7 Å². The summed E-state index contributed by atoms with van der Waals surface area (Å²) in [4.78, 5) is 20.5. The van der Waals surface area contributed by atoms with E-state index in [1.54, 1.807) is 6.92 Å². The Labute approximate surface area is 119 Å². The van der Waals surface area contributed by atoms with E-state index in [-0.39, 0.29) is 28.2 Å². The van der Waals surface area contributed by atoms with Crippen LogP contribution in [0.4, 0.5) is 11.4 Å². The molecule has 0 bridgehead atoms. The van der Waals surface area contributed by atoms with E-state index in [1.165, 1.54) is 12.1 Å². The summed E-state index contributed by atoms with van der Waals surface area (Å²) in [6.45, 7) is 1.77. The highest BCUT2D eigenvalue weighted by Crippen LogP contribution is 2.35. The number of nitro groups is 1. The summed E-state index contributed by atoms with van der Waals surface area (Å²) in [7, 11) is 0. The molecule has 0 aliphatic heterocycles. The normalized spacial score (nSPS) is 11.9. The number of carboxylic acid groups (broad SMARTS) is 1. The van der Waals surface area contributed by atoms with Gasteiger partial charge in [-0.25, -0.2) is 0 Å². The van der Waals surface area contributed by atoms with Crippen LogP contribution in [0.2, 0.25) is 10.0 Å². The zero-order chi connectivity index (χ0) is 14.6. The van der Waals surface area contributed by atoms with E-state index >= 15 is 0 Å². The summed E-state index contributed by atoms with van der Waals surface area (Å²) in [5.74, 6) is -0.894. The first kappa shape index (κ1) is 15.5. The van der Waals surface area contributed by atoms with Crippen molar-refractivity contribution in [2.24, 2.45) is 0 Å². The Morgan fingerprint density at radius 1 is 1.47 bits per heavy atom. The van der Waals surface area contributed by atoms with Gasteiger partial charge in [0, 0.05) is 24.6 Å². The molecule has 0 aliphatic carbocycles. The molecule has 0 aliphatic rings. The lowest BCUT2D eigenvalue weighted by atomic mass is 10.1. The van der Waals surface area contributed by atoms with Crippen LogP contribution in [0.25, 0.3) is 0 Å². The minimum Gasteiger partial charge on any atom is -0.481 e. The number of nitrogens with one attached hydrogen (secondary N) is 1. The maximum atomic E-state index is 10.6. The fourth-order valence-corrected chi connectivity index (χ4v) is 2.05. The van der Waals surface area contributed by atoms with Crippen LogP contribution < -0.4 is 5.32 Å². The number of hydrogen-bond donors (Lipinski definition) is 2. The van der Waals surface area contributed by atoms with Crippen molar-refractivity contribution in [2.45, 2.75) is 25.8 Å². The van der Waals surface area contributed by atoms with Gasteiger partial charge in [-0.1, -0.05) is 23.2 Å². The number of carboxylic acids is 1. The van der Waals surface area contributed by atoms with Crippen molar-refractivity contribution >= 4 is 40.5 Å². The van der Waals surface area contributed by atoms with Crippen LogP contribution in [-0.2, 0) is 4.79 Å². The predicted molar refractivity (Wildman–Crippen MR) is 73.1 cm³/mol. The summed E-state index contributed by atoms with van der Waals surface area (Å²) in [6.07, 6.45) is 0.398. The average molecular weight is 307 g/mol. The molecule has 1 atom stereocenters. The molecule has 8 heteroatoms. The maximum absolute atomic E-state index is 10.6. The largest absolute Gasteiger partial charge is 0.481 e. The van der Waals surface area contributed by atoms with Crippen LogP contribution in [0, 0.1) is 10.1 Å². The Morgan fingerprint density at radius 3 is 2.42 bits per heavy atom. The van der Waals surface area contributed by atoms with E-state index in [9.17, 15) is 14.9 Å². The lowest BCUT2D eigenvalue weighted by Gasteiger charge is -2.16. The quantitative estimate of drug-likeness (QED) is 0.619. The molecule has 2 N–H and O–H groups in total. The number of hydrogen-bond acceptors (Lipinski definition) is 4. The van der Waals surface area contributed by atoms with Crippen LogP contribution in [0.3, 0.4) is 0 Å². The van der Waals surface area contributed by atoms with Gasteiger partial charge in [-0.05, 0) is 13.3 Å². The molecular formula is C11H12Cl2N2O4. The molecule has 1 aromatic carbocycles. The van der Waals surface area contributed by atoms with Gasteiger partial charge >= 0.3 is 5.97 Å². The number of benzene rings is 1. The van der Waals surface area contributed by atoms with Gasteiger partial charge in [0.2, 0.25) is 0 Å². The Balaban J connectivity index is 2.84. The van der Waals surface area contributed by atoms with Crippen molar-refractivity contribution < 1.29 is 14.8 Å². The fraction of sp³-hybridized carbons (Fsp3) is 0.364. The molecule has 104 valence electrons. The molecule has 19 heavy (non-hydrogen) atoms. The van der Waals surface area contributed by atoms with Crippen molar-refractivity contribution in [3.63, 3.8) is 0 Å². The second-order valence-electron chi connectivity index (χ2n) is 4.02. The van der Waals surface area contributed by atoms with E-state index < -0.39 is 10.9 Å². The highest BCUT2D eigenvalue weighted by Gasteiger charge is 2.16. The van der Waals surface area contributed by atoms with Gasteiger partial charge in [-0.2, -0.15) is 0 Å². The van der Waals surface area contributed by atoms with Crippen molar-refractivity contribution in [2.75, 3.05) is 5.32 Å². The average Bonchev–Trinajstić information content (AvgIpc) is 2.30. The molecule has 0 radical (unpaired) electrons. The number of nitrogens with zero attached hydrogens (tertiary/aromatic N) is 1. The molecule has 0 saturated heterocycles. The minimum absolute atomic E-state index is 0.0103. The van der Waals surface area contributed by atoms with Gasteiger partial charge in [0.15, 0.2) is 0 Å². The van der Waals surface area contributed by atoms with Gasteiger partial charge < -0.3 is 10.4 Å². The number of non-ortho nitro benzene ring substituents is 1. The molecule has 1 aromatic rings. The number of carbonyl (C=O) groups is 1. The monoisotopic (exact) mass is 306 g/mol. The Morgan fingerprint density at radius 2 is 2.00 bits per heavy atom. The zero-order valence-corrected chi connectivity index (χ0v) is 11.5. The molecule has 0 spiro atoms. The topological polar surface area (TPSA) is 92.5 Å². The second-order valence-corrected chi connectivity index (χ2v) is 4.83. The standard InChI is InChI=1S/C11H12Cl2N2O4/c1-6(2-3-10(16)17)14-11-8(12)4-7(15(18)19)5-9(11)13/h4-6,14H,2-3H2,1H3,(H,16,17). The van der Waals surface area contributed by atoms with Crippen LogP contribution >= 0.6 is 23.2 Å². The first-order valence-corrected chi connectivity index (χ1v) is 6.18. The summed E-state index contributed by atoms with van der Waals surface area (Å²) in [5, 5.41) is 22.4. The van der Waals surface area contributed by atoms with Gasteiger partial charge in [0.1, 0.15) is 0 Å². The molecule has 0 heterocycles. The number of halogens is 2. The van der Waals surface area contributed by atoms with E-state index in [2.05, 4.69) is 5.32 Å². The van der Waals surface area contributed by atoms with Crippen LogP contribution in [0.1, 0.15) is 19.8 Å². The fourth-order valence-electron chi connectivity index (χ4n) is 1.46. The highest BCUT2D eigenvalue weighted by atomic mass is 35.5. The summed E-state index contributed by atoms with van der Waals surface area (Å²) >= 11 is 11.8. The lowest BCUT2D eigenvalue weighted by molar-refractivity contribution is -0.384. The molecular weight excluding hydrogens is 295 g/mol. The van der Waals surface area contributed by atoms with Crippen LogP contribution in [-0.4, -0.2) is 22.0 Å². The summed E-state index contributed by atoms with van der Waals surface area (Å²) in [6, 6.07) is 2.21. The summed E-state index contributed by atoms with van der Waals surface area (Å²) < 4.78 is 0. The Kier molecular flexibility index (Phi) is 5.38. The van der Waals surface area contributed by atoms with E-state index in [4.69, 9.17) is 28.3 Å². The van der Waals surface area contributed by atoms with Gasteiger partial charge in [-0.3, -0.25) is 14.9 Å². The van der Waals surface area contributed by atoms with E-state index in [0.29, 0.717) is 12.1 Å². The molecule has 0 aromatic heterocycles. The Hall–Kier alpha value is -1.53. The minimum atomic E-state index is -0.894. The third kappa shape index (κ3) is 4.57. The lowest BCUT2D eigenvalue weighted by Crippen LogP contribution is -2.17. The SMILES string of the molecule is CC(CCC(=O)O)Nc1c(Cl)cc([N+](=O)[O-])cc1Cl. The van der Waals surface area contributed by atoms with E-state index in [1.807, 2.05) is 0 Å². The smallest absolute Gasteiger partial charge is 0.303 e. The van der Waals surface area contributed by atoms with E-state index in [0.717, 1.165) is 0 Å². The molecule has 0 fully saturated rings. The van der Waals surface area contributed by atoms with Crippen LogP contribution in [0.15, 0.2) is 12.1 Å². The van der Waals surface area contributed by atoms with Gasteiger partial charge in [-0.15, -0.1) is 0 Å². The molecule has 0 saturated carbocycles. The third-order valence-corrected chi connectivity index (χ3v) is 3.02. The highest BCUT2D eigenvalue weighted by molar-refractivity contribution is 6.39. The molecule has 1 rings (SSSR count). The van der Waals surface area contributed by atoms with Crippen LogP contribution in [0.5, 0.6) is 0 Å². The van der Waals surface area contributed by atoms with Crippen molar-refractivity contribution in [3.05, 3.63) is 32.3 Å². The summed E-state index contributed by atoms with van der Waals surface area (Å²) in [5.41, 5.74) is 0.172. The zero-order valence-electron chi connectivity index (χ0n) is 10.0. The van der Waals surface area contributed by atoms with Crippen molar-refractivity contribution in [1.29, 1.82) is 0 Å². The number of aliphatic carboxylic acids is 1. The number of rotatable bonds is 6. The third-order valence-electron chi connectivity index (χ3n) is 2.42. The number of nitro benzene ring substituents is 1. The molecule has 1 unspecified atom stereocenters.